The predicted molar refractivity (Wildman–Crippen MR) is 131 cm³/mol. The van der Waals surface area contributed by atoms with Crippen LogP contribution in [-0.2, 0) is 11.2 Å². The molecule has 1 aliphatic heterocycles. The van der Waals surface area contributed by atoms with Crippen LogP contribution in [0.1, 0.15) is 61.9 Å². The van der Waals surface area contributed by atoms with Gasteiger partial charge < -0.3 is 20.1 Å². The molecule has 0 radical (unpaired) electrons. The normalized spacial score (nSPS) is 15.6. The Bertz CT molecular complexity index is 897. The summed E-state index contributed by atoms with van der Waals surface area (Å²) in [6, 6.07) is 15.9. The number of carboxylic acid groups (broad SMARTS) is 1. The number of anilines is 1. The van der Waals surface area contributed by atoms with Crippen LogP contribution in [0, 0.1) is 5.92 Å². The molecule has 6 nitrogen and oxygen atoms in total. The van der Waals surface area contributed by atoms with Gasteiger partial charge in [0.15, 0.2) is 0 Å². The highest BCUT2D eigenvalue weighted by Crippen LogP contribution is 2.34. The molecule has 0 saturated heterocycles. The van der Waals surface area contributed by atoms with Gasteiger partial charge in [0, 0.05) is 31.3 Å². The summed E-state index contributed by atoms with van der Waals surface area (Å²) in [5, 5.41) is 12.6. The molecule has 6 heteroatoms. The molecule has 178 valence electrons. The fraction of sp³-hybridized carbons (Fsp3) is 0.481. The van der Waals surface area contributed by atoms with Crippen LogP contribution in [0.25, 0.3) is 0 Å². The number of amides is 1. The second kappa shape index (κ2) is 11.7. The summed E-state index contributed by atoms with van der Waals surface area (Å²) < 4.78 is 6.38. The Morgan fingerprint density at radius 3 is 2.36 bits per heavy atom. The Morgan fingerprint density at radius 2 is 1.76 bits per heavy atom. The van der Waals surface area contributed by atoms with Crippen molar-refractivity contribution in [1.82, 2.24) is 4.90 Å². The van der Waals surface area contributed by atoms with Crippen LogP contribution in [0.4, 0.5) is 5.69 Å². The fourth-order valence-corrected chi connectivity index (χ4v) is 4.66. The molecule has 1 amide bonds. The van der Waals surface area contributed by atoms with Crippen molar-refractivity contribution in [1.29, 1.82) is 0 Å². The minimum absolute atomic E-state index is 0.0639. The standard InChI is InChI=1S/C27H36N2O4/c1-4-8-19(9-5-2)26(24-18-21-10-6-7-11-23(21)33-24)28-22-14-12-20(13-15-22)27(32)29(3)17-16-25(30)31/h6-7,10-15,19,24,26,28H,4-5,8-9,16-18H2,1-3H3,(H,30,31). The van der Waals surface area contributed by atoms with E-state index < -0.39 is 5.97 Å². The summed E-state index contributed by atoms with van der Waals surface area (Å²) >= 11 is 0. The monoisotopic (exact) mass is 452 g/mol. The maximum Gasteiger partial charge on any atom is 0.305 e. The third-order valence-corrected chi connectivity index (χ3v) is 6.37. The number of rotatable bonds is 12. The van der Waals surface area contributed by atoms with Crippen molar-refractivity contribution in [2.24, 2.45) is 5.92 Å². The summed E-state index contributed by atoms with van der Waals surface area (Å²) in [6.07, 6.45) is 5.40. The Labute approximate surface area is 196 Å². The van der Waals surface area contributed by atoms with Gasteiger partial charge in [0.25, 0.3) is 5.91 Å². The number of hydrogen-bond acceptors (Lipinski definition) is 4. The zero-order valence-corrected chi connectivity index (χ0v) is 19.9. The summed E-state index contributed by atoms with van der Waals surface area (Å²) in [7, 11) is 1.63. The first-order valence-electron chi connectivity index (χ1n) is 12.0. The van der Waals surface area contributed by atoms with E-state index in [0.717, 1.165) is 43.5 Å². The third kappa shape index (κ3) is 6.50. The second-order valence-corrected chi connectivity index (χ2v) is 8.92. The van der Waals surface area contributed by atoms with E-state index in [-0.39, 0.29) is 31.0 Å². The van der Waals surface area contributed by atoms with Gasteiger partial charge in [-0.25, -0.2) is 0 Å². The van der Waals surface area contributed by atoms with Gasteiger partial charge in [-0.1, -0.05) is 44.9 Å². The molecule has 33 heavy (non-hydrogen) atoms. The lowest BCUT2D eigenvalue weighted by molar-refractivity contribution is -0.137. The van der Waals surface area contributed by atoms with E-state index in [1.165, 1.54) is 10.5 Å². The quantitative estimate of drug-likeness (QED) is 0.461. The minimum Gasteiger partial charge on any atom is -0.488 e. The second-order valence-electron chi connectivity index (χ2n) is 8.92. The van der Waals surface area contributed by atoms with Crippen LogP contribution in [0.3, 0.4) is 0 Å². The van der Waals surface area contributed by atoms with Crippen LogP contribution in [0.2, 0.25) is 0 Å². The van der Waals surface area contributed by atoms with Crippen molar-refractivity contribution in [3.8, 4) is 5.75 Å². The van der Waals surface area contributed by atoms with E-state index in [1.807, 2.05) is 24.3 Å². The molecule has 0 aromatic heterocycles. The first-order chi connectivity index (χ1) is 15.9. The van der Waals surface area contributed by atoms with Crippen LogP contribution in [0.5, 0.6) is 5.75 Å². The van der Waals surface area contributed by atoms with E-state index in [4.69, 9.17) is 9.84 Å². The summed E-state index contributed by atoms with van der Waals surface area (Å²) in [5.41, 5.74) is 2.76. The number of carbonyl (C=O) groups excluding carboxylic acids is 1. The van der Waals surface area contributed by atoms with Crippen LogP contribution in [-0.4, -0.2) is 47.6 Å². The summed E-state index contributed by atoms with van der Waals surface area (Å²) in [6.45, 7) is 4.64. The first kappa shape index (κ1) is 24.6. The van der Waals surface area contributed by atoms with Crippen LogP contribution in [0.15, 0.2) is 48.5 Å². The van der Waals surface area contributed by atoms with E-state index in [1.54, 1.807) is 19.2 Å². The minimum atomic E-state index is -0.912. The molecule has 3 rings (SSSR count). The molecule has 0 spiro atoms. The number of para-hydroxylation sites is 1. The van der Waals surface area contributed by atoms with Crippen LogP contribution >= 0.6 is 0 Å². The first-order valence-corrected chi connectivity index (χ1v) is 12.0. The summed E-state index contributed by atoms with van der Waals surface area (Å²) in [5.74, 6) is 0.378. The van der Waals surface area contributed by atoms with Gasteiger partial charge in [-0.15, -0.1) is 0 Å². The number of carbonyl (C=O) groups is 2. The lowest BCUT2D eigenvalue weighted by Gasteiger charge is -2.33. The molecule has 2 N–H and O–H groups in total. The Kier molecular flexibility index (Phi) is 8.75. The predicted octanol–water partition coefficient (Wildman–Crippen LogP) is 5.23. The third-order valence-electron chi connectivity index (χ3n) is 6.37. The number of nitrogens with one attached hydrogen (secondary N) is 1. The van der Waals surface area contributed by atoms with Gasteiger partial charge >= 0.3 is 5.97 Å². The highest BCUT2D eigenvalue weighted by Gasteiger charge is 2.34. The maximum atomic E-state index is 12.6. The number of aliphatic carboxylic acids is 1. The van der Waals surface area contributed by atoms with Crippen molar-refractivity contribution < 1.29 is 19.4 Å². The molecule has 0 bridgehead atoms. The van der Waals surface area contributed by atoms with E-state index in [2.05, 4.69) is 31.3 Å². The van der Waals surface area contributed by atoms with Gasteiger partial charge in [-0.2, -0.15) is 0 Å². The van der Waals surface area contributed by atoms with Gasteiger partial charge in [0.05, 0.1) is 12.5 Å². The number of fused-ring (bicyclic) bond motifs is 1. The lowest BCUT2D eigenvalue weighted by Crippen LogP contribution is -2.43. The molecule has 0 fully saturated rings. The fourth-order valence-electron chi connectivity index (χ4n) is 4.66. The SMILES string of the molecule is CCCC(CCC)C(Nc1ccc(C(=O)N(C)CCC(=O)O)cc1)C1Cc2ccccc2O1. The van der Waals surface area contributed by atoms with Crippen molar-refractivity contribution >= 4 is 17.6 Å². The molecular formula is C27H36N2O4. The largest absolute Gasteiger partial charge is 0.488 e. The number of nitrogens with zero attached hydrogens (tertiary/aromatic N) is 1. The van der Waals surface area contributed by atoms with E-state index >= 15 is 0 Å². The molecule has 2 atom stereocenters. The van der Waals surface area contributed by atoms with E-state index in [9.17, 15) is 9.59 Å². The number of benzene rings is 2. The Hall–Kier alpha value is -3.02. The highest BCUT2D eigenvalue weighted by atomic mass is 16.5. The van der Waals surface area contributed by atoms with Crippen molar-refractivity contribution in [2.45, 2.75) is 64.5 Å². The number of hydrogen-bond donors (Lipinski definition) is 2. The smallest absolute Gasteiger partial charge is 0.305 e. The topological polar surface area (TPSA) is 78.9 Å². The van der Waals surface area contributed by atoms with Gasteiger partial charge in [0.1, 0.15) is 11.9 Å². The highest BCUT2D eigenvalue weighted by molar-refractivity contribution is 5.94. The molecular weight excluding hydrogens is 416 g/mol. The average molecular weight is 453 g/mol. The summed E-state index contributed by atoms with van der Waals surface area (Å²) in [4.78, 5) is 24.8. The molecule has 1 heterocycles. The molecule has 1 aliphatic rings. The van der Waals surface area contributed by atoms with Crippen molar-refractivity contribution in [2.75, 3.05) is 18.9 Å². The van der Waals surface area contributed by atoms with Crippen molar-refractivity contribution in [3.05, 3.63) is 59.7 Å². The average Bonchev–Trinajstić information content (AvgIpc) is 3.25. The van der Waals surface area contributed by atoms with Gasteiger partial charge in [-0.3, -0.25) is 9.59 Å². The number of ether oxygens (including phenoxy) is 1. The lowest BCUT2D eigenvalue weighted by atomic mass is 9.85. The Balaban J connectivity index is 1.74. The molecule has 0 saturated carbocycles. The van der Waals surface area contributed by atoms with Gasteiger partial charge in [-0.05, 0) is 54.7 Å². The zero-order valence-electron chi connectivity index (χ0n) is 19.9. The molecule has 2 aromatic carbocycles. The van der Waals surface area contributed by atoms with E-state index in [0.29, 0.717) is 11.5 Å². The molecule has 2 aromatic rings. The maximum absolute atomic E-state index is 12.6. The Morgan fingerprint density at radius 1 is 1.09 bits per heavy atom. The van der Waals surface area contributed by atoms with Gasteiger partial charge in [0.2, 0.25) is 0 Å². The van der Waals surface area contributed by atoms with Crippen LogP contribution < -0.4 is 10.1 Å². The molecule has 2 unspecified atom stereocenters. The molecule has 0 aliphatic carbocycles. The number of carboxylic acids is 1. The zero-order chi connectivity index (χ0) is 23.8. The van der Waals surface area contributed by atoms with Crippen molar-refractivity contribution in [3.63, 3.8) is 0 Å².